The Bertz CT molecular complexity index is 923. The largest absolute Gasteiger partial charge is 0.492 e. The van der Waals surface area contributed by atoms with Crippen LogP contribution in [0.4, 0.5) is 0 Å². The third-order valence-corrected chi connectivity index (χ3v) is 5.07. The molecule has 3 aromatic rings. The van der Waals surface area contributed by atoms with Crippen LogP contribution in [0.25, 0.3) is 11.1 Å². The van der Waals surface area contributed by atoms with Crippen LogP contribution in [0, 0.1) is 6.92 Å². The Morgan fingerprint density at radius 1 is 0.759 bits per heavy atom. The molecule has 0 aliphatic heterocycles. The fourth-order valence-electron chi connectivity index (χ4n) is 3.46. The summed E-state index contributed by atoms with van der Waals surface area (Å²) >= 11 is 0. The van der Waals surface area contributed by atoms with E-state index in [1.165, 1.54) is 33.4 Å². The fourth-order valence-corrected chi connectivity index (χ4v) is 3.46. The maximum atomic E-state index is 5.88. The Hall–Kier alpha value is -2.84. The van der Waals surface area contributed by atoms with E-state index in [0.717, 1.165) is 18.7 Å². The Balaban J connectivity index is 2.01. The van der Waals surface area contributed by atoms with Crippen molar-refractivity contribution in [1.29, 1.82) is 0 Å². The third kappa shape index (κ3) is 5.58. The summed E-state index contributed by atoms with van der Waals surface area (Å²) in [5.41, 5.74) is 7.67. The van der Waals surface area contributed by atoms with Crippen molar-refractivity contribution in [2.45, 2.75) is 20.3 Å². The lowest BCUT2D eigenvalue weighted by atomic mass is 9.88. The Morgan fingerprint density at radius 2 is 1.34 bits per heavy atom. The van der Waals surface area contributed by atoms with Gasteiger partial charge in [-0.1, -0.05) is 79.2 Å². The highest BCUT2D eigenvalue weighted by molar-refractivity contribution is 5.98. The van der Waals surface area contributed by atoms with Gasteiger partial charge in [-0.05, 0) is 67.4 Å². The van der Waals surface area contributed by atoms with Crippen molar-refractivity contribution in [3.05, 3.63) is 101 Å². The smallest absolute Gasteiger partial charge is 0.119 e. The van der Waals surface area contributed by atoms with Crippen LogP contribution in [0.3, 0.4) is 0 Å². The molecule has 3 rings (SSSR count). The minimum atomic E-state index is 0.692. The first-order valence-electron chi connectivity index (χ1n) is 10.3. The number of aryl methyl sites for hydroxylation is 1. The summed E-state index contributed by atoms with van der Waals surface area (Å²) in [6, 6.07) is 28.0. The van der Waals surface area contributed by atoms with Crippen molar-refractivity contribution < 1.29 is 4.74 Å². The lowest BCUT2D eigenvalue weighted by Crippen LogP contribution is -2.19. The first-order chi connectivity index (χ1) is 14.1. The van der Waals surface area contributed by atoms with Gasteiger partial charge in [-0.25, -0.2) is 0 Å². The van der Waals surface area contributed by atoms with Crippen molar-refractivity contribution in [3.8, 4) is 5.75 Å². The highest BCUT2D eigenvalue weighted by atomic mass is 16.5. The van der Waals surface area contributed by atoms with Crippen LogP contribution >= 0.6 is 0 Å². The molecule has 0 aromatic heterocycles. The Labute approximate surface area is 175 Å². The van der Waals surface area contributed by atoms with E-state index < -0.39 is 0 Å². The van der Waals surface area contributed by atoms with Gasteiger partial charge in [0, 0.05) is 6.54 Å². The van der Waals surface area contributed by atoms with Crippen molar-refractivity contribution in [2.75, 3.05) is 27.2 Å². The van der Waals surface area contributed by atoms with E-state index in [9.17, 15) is 0 Å². The van der Waals surface area contributed by atoms with Crippen molar-refractivity contribution in [3.63, 3.8) is 0 Å². The van der Waals surface area contributed by atoms with Crippen LogP contribution in [-0.4, -0.2) is 32.1 Å². The topological polar surface area (TPSA) is 12.5 Å². The van der Waals surface area contributed by atoms with Crippen LogP contribution in [0.2, 0.25) is 0 Å². The monoisotopic (exact) mass is 385 g/mol. The van der Waals surface area contributed by atoms with E-state index in [4.69, 9.17) is 4.74 Å². The van der Waals surface area contributed by atoms with Gasteiger partial charge in [-0.3, -0.25) is 0 Å². The molecule has 0 bridgehead atoms. The van der Waals surface area contributed by atoms with E-state index in [2.05, 4.69) is 112 Å². The highest BCUT2D eigenvalue weighted by Gasteiger charge is 2.13. The molecule has 0 saturated carbocycles. The zero-order valence-corrected chi connectivity index (χ0v) is 18.0. The Kier molecular flexibility index (Phi) is 7.26. The number of nitrogens with zero attached hydrogens (tertiary/aromatic N) is 1. The molecule has 150 valence electrons. The van der Waals surface area contributed by atoms with Gasteiger partial charge in [-0.2, -0.15) is 0 Å². The standard InChI is InChI=1S/C27H31NO/c1-5-26(22-13-11-21(2)12-14-22)27(23-9-7-6-8-10-23)24-15-17-25(18-16-24)29-20-19-28(3)4/h6-18H,5,19-20H2,1-4H3/b27-26-. The zero-order valence-electron chi connectivity index (χ0n) is 18.0. The minimum Gasteiger partial charge on any atom is -0.492 e. The summed E-state index contributed by atoms with van der Waals surface area (Å²) in [5.74, 6) is 0.913. The van der Waals surface area contributed by atoms with Crippen molar-refractivity contribution in [1.82, 2.24) is 4.90 Å². The molecular formula is C27H31NO. The quantitative estimate of drug-likeness (QED) is 0.422. The lowest BCUT2D eigenvalue weighted by molar-refractivity contribution is 0.261. The molecule has 0 fully saturated rings. The van der Waals surface area contributed by atoms with Crippen LogP contribution in [0.15, 0.2) is 78.9 Å². The van der Waals surface area contributed by atoms with Crippen LogP contribution in [0.1, 0.15) is 35.6 Å². The van der Waals surface area contributed by atoms with Gasteiger partial charge in [0.2, 0.25) is 0 Å². The van der Waals surface area contributed by atoms with Crippen LogP contribution in [-0.2, 0) is 0 Å². The lowest BCUT2D eigenvalue weighted by Gasteiger charge is -2.17. The number of hydrogen-bond donors (Lipinski definition) is 0. The van der Waals surface area contributed by atoms with Crippen molar-refractivity contribution >= 4 is 11.1 Å². The number of rotatable bonds is 8. The minimum absolute atomic E-state index is 0.692. The number of ether oxygens (including phenoxy) is 1. The van der Waals surface area contributed by atoms with Gasteiger partial charge in [-0.15, -0.1) is 0 Å². The summed E-state index contributed by atoms with van der Waals surface area (Å²) in [7, 11) is 4.11. The number of allylic oxidation sites excluding steroid dienone is 1. The molecule has 2 heteroatoms. The Morgan fingerprint density at radius 3 is 1.93 bits per heavy atom. The summed E-state index contributed by atoms with van der Waals surface area (Å²) in [6.45, 7) is 5.96. The molecule has 0 saturated heterocycles. The summed E-state index contributed by atoms with van der Waals surface area (Å²) in [6.07, 6.45) is 0.967. The SMILES string of the molecule is CC/C(=C(\c1ccccc1)c1ccc(OCCN(C)C)cc1)c1ccc(C)cc1. The molecule has 0 aliphatic rings. The molecular weight excluding hydrogens is 354 g/mol. The average Bonchev–Trinajstić information content (AvgIpc) is 2.74. The number of likely N-dealkylation sites (N-methyl/N-ethyl adjacent to an activating group) is 1. The molecule has 0 radical (unpaired) electrons. The molecule has 29 heavy (non-hydrogen) atoms. The predicted molar refractivity (Wildman–Crippen MR) is 124 cm³/mol. The maximum Gasteiger partial charge on any atom is 0.119 e. The van der Waals surface area contributed by atoms with Gasteiger partial charge in [0.1, 0.15) is 12.4 Å². The molecule has 0 aliphatic carbocycles. The molecule has 0 spiro atoms. The first kappa shape index (κ1) is 20.9. The molecule has 0 atom stereocenters. The number of benzene rings is 3. The second-order valence-corrected chi connectivity index (χ2v) is 7.62. The van der Waals surface area contributed by atoms with E-state index in [0.29, 0.717) is 6.61 Å². The molecule has 0 amide bonds. The second-order valence-electron chi connectivity index (χ2n) is 7.62. The first-order valence-corrected chi connectivity index (χ1v) is 10.3. The van der Waals surface area contributed by atoms with E-state index in [1.807, 2.05) is 0 Å². The fraction of sp³-hybridized carbons (Fsp3) is 0.259. The highest BCUT2D eigenvalue weighted by Crippen LogP contribution is 2.35. The summed E-state index contributed by atoms with van der Waals surface area (Å²) in [4.78, 5) is 2.12. The molecule has 0 N–H and O–H groups in total. The molecule has 2 nitrogen and oxygen atoms in total. The van der Waals surface area contributed by atoms with E-state index >= 15 is 0 Å². The molecule has 3 aromatic carbocycles. The summed E-state index contributed by atoms with van der Waals surface area (Å²) in [5, 5.41) is 0. The molecule has 0 unspecified atom stereocenters. The van der Waals surface area contributed by atoms with Gasteiger partial charge >= 0.3 is 0 Å². The maximum absolute atomic E-state index is 5.88. The third-order valence-electron chi connectivity index (χ3n) is 5.07. The van der Waals surface area contributed by atoms with Gasteiger partial charge < -0.3 is 9.64 Å². The van der Waals surface area contributed by atoms with Gasteiger partial charge in [0.25, 0.3) is 0 Å². The summed E-state index contributed by atoms with van der Waals surface area (Å²) < 4.78 is 5.88. The van der Waals surface area contributed by atoms with Gasteiger partial charge in [0.05, 0.1) is 0 Å². The van der Waals surface area contributed by atoms with Crippen molar-refractivity contribution in [2.24, 2.45) is 0 Å². The van der Waals surface area contributed by atoms with Gasteiger partial charge in [0.15, 0.2) is 0 Å². The normalized spacial score (nSPS) is 12.0. The zero-order chi connectivity index (χ0) is 20.6. The second kappa shape index (κ2) is 10.1. The van der Waals surface area contributed by atoms with E-state index in [-0.39, 0.29) is 0 Å². The molecule has 0 heterocycles. The van der Waals surface area contributed by atoms with Crippen LogP contribution in [0.5, 0.6) is 5.75 Å². The van der Waals surface area contributed by atoms with Crippen LogP contribution < -0.4 is 4.74 Å². The average molecular weight is 386 g/mol. The predicted octanol–water partition coefficient (Wildman–Crippen LogP) is 6.30. The number of hydrogen-bond acceptors (Lipinski definition) is 2. The van der Waals surface area contributed by atoms with E-state index in [1.54, 1.807) is 0 Å².